The first kappa shape index (κ1) is 29.9. The third kappa shape index (κ3) is 4.77. The Kier molecular flexibility index (Phi) is 6.73. The lowest BCUT2D eigenvalue weighted by atomic mass is 9.99. The summed E-state index contributed by atoms with van der Waals surface area (Å²) in [6, 6.07) is 66.0. The van der Waals surface area contributed by atoms with Crippen LogP contribution in [-0.2, 0) is 0 Å². The van der Waals surface area contributed by atoms with Gasteiger partial charge in [0.25, 0.3) is 0 Å². The average molecular weight is 694 g/mol. The molecule has 248 valence electrons. The summed E-state index contributed by atoms with van der Waals surface area (Å²) in [7, 11) is 0. The van der Waals surface area contributed by atoms with Gasteiger partial charge in [0.15, 0.2) is 0 Å². The molecule has 0 aliphatic rings. The maximum Gasteiger partial charge on any atom is 0.101 e. The lowest BCUT2D eigenvalue weighted by Crippen LogP contribution is -1.98. The first-order chi connectivity index (χ1) is 26.3. The van der Waals surface area contributed by atoms with E-state index in [0.717, 1.165) is 16.9 Å². The molecule has 0 saturated carbocycles. The molecule has 53 heavy (non-hydrogen) atoms. The van der Waals surface area contributed by atoms with Crippen molar-refractivity contribution >= 4 is 65.0 Å². The Morgan fingerprint density at radius 2 is 1.00 bits per heavy atom. The van der Waals surface area contributed by atoms with Crippen molar-refractivity contribution in [3.8, 4) is 44.2 Å². The molecule has 0 unspecified atom stereocenters. The second kappa shape index (κ2) is 11.9. The fraction of sp³-hybridized carbons (Fsp3) is 0. The molecule has 0 amide bonds. The molecule has 0 N–H and O–H groups in total. The first-order valence-corrected chi connectivity index (χ1v) is 18.8. The molecule has 0 aliphatic carbocycles. The number of fused-ring (bicyclic) bond motifs is 7. The predicted molar refractivity (Wildman–Crippen MR) is 225 cm³/mol. The fourth-order valence-electron chi connectivity index (χ4n) is 8.15. The van der Waals surface area contributed by atoms with Crippen LogP contribution >= 0.6 is 11.3 Å². The van der Waals surface area contributed by atoms with Gasteiger partial charge in [0, 0.05) is 43.6 Å². The molecule has 0 fully saturated rings. The third-order valence-corrected chi connectivity index (χ3v) is 11.7. The Hall–Kier alpha value is -6.75. The largest absolute Gasteiger partial charge is 0.309 e. The molecule has 3 nitrogen and oxygen atoms in total. The van der Waals surface area contributed by atoms with E-state index in [-0.39, 0.29) is 0 Å². The van der Waals surface area contributed by atoms with E-state index in [4.69, 9.17) is 0 Å². The van der Waals surface area contributed by atoms with Crippen molar-refractivity contribution in [1.29, 1.82) is 0 Å². The number of pyridine rings is 1. The van der Waals surface area contributed by atoms with Crippen LogP contribution in [0.5, 0.6) is 0 Å². The smallest absolute Gasteiger partial charge is 0.101 e. The van der Waals surface area contributed by atoms with E-state index >= 15 is 0 Å². The molecule has 4 aromatic heterocycles. The summed E-state index contributed by atoms with van der Waals surface area (Å²) in [5.74, 6) is 0. The first-order valence-electron chi connectivity index (χ1n) is 18.0. The minimum absolute atomic E-state index is 0.965. The molecule has 0 spiro atoms. The van der Waals surface area contributed by atoms with Crippen LogP contribution in [0, 0.1) is 0 Å². The molecule has 0 bridgehead atoms. The summed E-state index contributed by atoms with van der Waals surface area (Å²) in [4.78, 5) is 4.67. The maximum atomic E-state index is 4.67. The minimum atomic E-state index is 0.965. The zero-order valence-electron chi connectivity index (χ0n) is 28.6. The molecule has 0 saturated heterocycles. The molecule has 0 radical (unpaired) electrons. The van der Waals surface area contributed by atoms with Gasteiger partial charge in [0.05, 0.1) is 33.4 Å². The van der Waals surface area contributed by atoms with Crippen molar-refractivity contribution in [1.82, 2.24) is 14.1 Å². The standard InChI is InChI=1S/C49H31N3S/c1-2-12-32(13-3-1)39-30-35(42-17-10-11-27-50-42)23-26-45(39)51-43-18-7-5-15-37(43)40-28-33(21-24-46(40)51)34-22-25-47-41(29-34)38-16-6-8-19-44(38)52(47)49-31-36-14-4-9-20-48(36)53-49/h1-31H. The van der Waals surface area contributed by atoms with Gasteiger partial charge in [0.1, 0.15) is 5.00 Å². The quantitative estimate of drug-likeness (QED) is 0.176. The second-order valence-corrected chi connectivity index (χ2v) is 14.7. The maximum absolute atomic E-state index is 4.67. The van der Waals surface area contributed by atoms with Crippen molar-refractivity contribution in [2.75, 3.05) is 0 Å². The van der Waals surface area contributed by atoms with E-state index in [1.807, 2.05) is 29.7 Å². The molecule has 4 heteroatoms. The number of para-hydroxylation sites is 2. The monoisotopic (exact) mass is 693 g/mol. The van der Waals surface area contributed by atoms with Crippen LogP contribution < -0.4 is 0 Å². The number of rotatable bonds is 5. The van der Waals surface area contributed by atoms with Crippen LogP contribution in [0.1, 0.15) is 0 Å². The van der Waals surface area contributed by atoms with E-state index in [2.05, 4.69) is 184 Å². The van der Waals surface area contributed by atoms with Gasteiger partial charge in [0.2, 0.25) is 0 Å². The van der Waals surface area contributed by atoms with Crippen LogP contribution in [0.4, 0.5) is 0 Å². The second-order valence-electron chi connectivity index (χ2n) is 13.6. The SMILES string of the molecule is c1ccc(-c2cc(-c3ccccn3)ccc2-n2c3ccccc3c3cc(-c4ccc5c(c4)c4ccccc4n5-c4cc5ccccc5s4)ccc32)cc1. The van der Waals surface area contributed by atoms with Gasteiger partial charge in [-0.3, -0.25) is 4.98 Å². The zero-order chi connectivity index (χ0) is 34.9. The Morgan fingerprint density at radius 3 is 1.72 bits per heavy atom. The summed E-state index contributed by atoms with van der Waals surface area (Å²) >= 11 is 1.84. The van der Waals surface area contributed by atoms with Crippen LogP contribution in [0.2, 0.25) is 0 Å². The minimum Gasteiger partial charge on any atom is -0.309 e. The van der Waals surface area contributed by atoms with Gasteiger partial charge >= 0.3 is 0 Å². The lowest BCUT2D eigenvalue weighted by molar-refractivity contribution is 1.18. The molecule has 11 rings (SSSR count). The van der Waals surface area contributed by atoms with Gasteiger partial charge in [-0.05, 0) is 94.9 Å². The van der Waals surface area contributed by atoms with Crippen LogP contribution in [0.15, 0.2) is 188 Å². The predicted octanol–water partition coefficient (Wildman–Crippen LogP) is 13.5. The van der Waals surface area contributed by atoms with Gasteiger partial charge in [-0.15, -0.1) is 11.3 Å². The van der Waals surface area contributed by atoms with Crippen molar-refractivity contribution in [2.24, 2.45) is 0 Å². The number of aromatic nitrogens is 3. The van der Waals surface area contributed by atoms with Crippen LogP contribution in [0.3, 0.4) is 0 Å². The number of hydrogen-bond acceptors (Lipinski definition) is 2. The van der Waals surface area contributed by atoms with Crippen LogP contribution in [0.25, 0.3) is 97.9 Å². The molecule has 4 heterocycles. The summed E-state index contributed by atoms with van der Waals surface area (Å²) < 4.78 is 6.16. The Bertz CT molecular complexity index is 3130. The van der Waals surface area contributed by atoms with Crippen molar-refractivity contribution < 1.29 is 0 Å². The van der Waals surface area contributed by atoms with Gasteiger partial charge in [-0.1, -0.05) is 109 Å². The highest BCUT2D eigenvalue weighted by atomic mass is 32.1. The molecular weight excluding hydrogens is 663 g/mol. The van der Waals surface area contributed by atoms with E-state index in [0.29, 0.717) is 0 Å². The summed E-state index contributed by atoms with van der Waals surface area (Å²) in [5, 5.41) is 7.52. The van der Waals surface area contributed by atoms with Crippen molar-refractivity contribution in [3.63, 3.8) is 0 Å². The average Bonchev–Trinajstić information content (AvgIpc) is 3.91. The molecule has 11 aromatic rings. The lowest BCUT2D eigenvalue weighted by Gasteiger charge is -2.16. The van der Waals surface area contributed by atoms with Gasteiger partial charge in [-0.2, -0.15) is 0 Å². The van der Waals surface area contributed by atoms with Crippen LogP contribution in [-0.4, -0.2) is 14.1 Å². The number of thiophene rings is 1. The number of hydrogen-bond donors (Lipinski definition) is 0. The zero-order valence-corrected chi connectivity index (χ0v) is 29.5. The highest BCUT2D eigenvalue weighted by molar-refractivity contribution is 7.21. The topological polar surface area (TPSA) is 22.8 Å². The Labute approximate surface area is 310 Å². The molecule has 0 aliphatic heterocycles. The van der Waals surface area contributed by atoms with Crippen molar-refractivity contribution in [2.45, 2.75) is 0 Å². The third-order valence-electron chi connectivity index (χ3n) is 10.6. The van der Waals surface area contributed by atoms with Gasteiger partial charge in [-0.25, -0.2) is 0 Å². The summed E-state index contributed by atoms with van der Waals surface area (Å²) in [6.07, 6.45) is 1.86. The fourth-order valence-corrected chi connectivity index (χ4v) is 9.24. The normalized spacial score (nSPS) is 11.8. The summed E-state index contributed by atoms with van der Waals surface area (Å²) in [5.41, 5.74) is 12.8. The van der Waals surface area contributed by atoms with E-state index in [1.54, 1.807) is 0 Å². The van der Waals surface area contributed by atoms with Gasteiger partial charge < -0.3 is 9.13 Å². The van der Waals surface area contributed by atoms with E-state index < -0.39 is 0 Å². The molecule has 0 atom stereocenters. The highest BCUT2D eigenvalue weighted by Crippen LogP contribution is 2.41. The molecule has 7 aromatic carbocycles. The van der Waals surface area contributed by atoms with Crippen molar-refractivity contribution in [3.05, 3.63) is 188 Å². The Balaban J connectivity index is 1.10. The highest BCUT2D eigenvalue weighted by Gasteiger charge is 2.19. The Morgan fingerprint density at radius 1 is 0.396 bits per heavy atom. The number of benzene rings is 7. The van der Waals surface area contributed by atoms with E-state index in [1.165, 1.54) is 81.0 Å². The molecular formula is C49H31N3S. The number of nitrogens with zero attached hydrogens (tertiary/aromatic N) is 3. The van der Waals surface area contributed by atoms with E-state index in [9.17, 15) is 0 Å². The summed E-state index contributed by atoms with van der Waals surface area (Å²) in [6.45, 7) is 0.